The summed E-state index contributed by atoms with van der Waals surface area (Å²) in [4.78, 5) is 29.5. The number of nitrogens with one attached hydrogen (secondary N) is 1. The normalized spacial score (nSPS) is 11.3. The third kappa shape index (κ3) is 4.73. The van der Waals surface area contributed by atoms with Crippen molar-refractivity contribution in [3.05, 3.63) is 5.82 Å². The number of nitrogens with zero attached hydrogens (tertiary/aromatic N) is 4. The first-order valence-corrected chi connectivity index (χ1v) is 7.74. The monoisotopic (exact) mass is 313 g/mol. The Hall–Kier alpha value is -1.57. The van der Waals surface area contributed by atoms with Crippen LogP contribution in [0, 0.1) is 0 Å². The van der Waals surface area contributed by atoms with Crippen LogP contribution in [0.25, 0.3) is 0 Å². The Balaban J connectivity index is 3.02. The molecule has 1 aromatic heterocycles. The molecule has 1 heterocycles. The number of aromatic nitrogens is 3. The van der Waals surface area contributed by atoms with Gasteiger partial charge in [-0.05, 0) is 6.92 Å². The minimum atomic E-state index is -0.281. The van der Waals surface area contributed by atoms with Crippen molar-refractivity contribution in [2.24, 2.45) is 0 Å². The Morgan fingerprint density at radius 1 is 1.33 bits per heavy atom. The van der Waals surface area contributed by atoms with Gasteiger partial charge in [-0.3, -0.25) is 4.79 Å². The molecule has 118 valence electrons. The number of carbonyl (C=O) groups is 2. The Kier molecular flexibility index (Phi) is 5.77. The van der Waals surface area contributed by atoms with Crippen LogP contribution in [0.1, 0.15) is 33.5 Å². The Morgan fingerprint density at radius 3 is 2.43 bits per heavy atom. The van der Waals surface area contributed by atoms with E-state index in [9.17, 15) is 9.59 Å². The standard InChI is InChI=1S/C13H23N5O2S/c1-7-14-9(19)8-21-11-15-10(13(2,3)4)16-18(11)12(20)17(5)6/h7-8H2,1-6H3,(H,14,19). The number of amides is 2. The van der Waals surface area contributed by atoms with E-state index in [1.807, 2.05) is 27.7 Å². The minimum Gasteiger partial charge on any atom is -0.356 e. The highest BCUT2D eigenvalue weighted by atomic mass is 32.2. The zero-order valence-corrected chi connectivity index (χ0v) is 14.2. The molecule has 1 N–H and O–H groups in total. The molecule has 0 aliphatic carbocycles. The molecule has 0 aliphatic rings. The Bertz CT molecular complexity index is 519. The SMILES string of the molecule is CCNC(=O)CSc1nc(C(C)(C)C)nn1C(=O)N(C)C. The molecule has 0 aromatic carbocycles. The average molecular weight is 313 g/mol. The third-order valence-corrected chi connectivity index (χ3v) is 3.45. The van der Waals surface area contributed by atoms with E-state index in [0.29, 0.717) is 17.5 Å². The first-order chi connectivity index (χ1) is 9.66. The van der Waals surface area contributed by atoms with Crippen molar-refractivity contribution in [2.45, 2.75) is 38.3 Å². The zero-order valence-electron chi connectivity index (χ0n) is 13.4. The summed E-state index contributed by atoms with van der Waals surface area (Å²) in [5.41, 5.74) is -0.265. The fourth-order valence-electron chi connectivity index (χ4n) is 1.40. The maximum atomic E-state index is 12.1. The predicted octanol–water partition coefficient (Wildman–Crippen LogP) is 1.33. The summed E-state index contributed by atoms with van der Waals surface area (Å²) in [6, 6.07) is -0.281. The molecule has 0 radical (unpaired) electrons. The first-order valence-electron chi connectivity index (χ1n) is 6.75. The van der Waals surface area contributed by atoms with Crippen molar-refractivity contribution >= 4 is 23.7 Å². The number of hydrogen-bond acceptors (Lipinski definition) is 5. The molecule has 0 aliphatic heterocycles. The summed E-state index contributed by atoms with van der Waals surface area (Å²) in [5.74, 6) is 0.694. The van der Waals surface area contributed by atoms with Crippen molar-refractivity contribution in [1.29, 1.82) is 0 Å². The van der Waals surface area contributed by atoms with Crippen LogP contribution in [-0.2, 0) is 10.2 Å². The fraction of sp³-hybridized carbons (Fsp3) is 0.692. The van der Waals surface area contributed by atoms with Crippen LogP contribution in [-0.4, -0.2) is 58.0 Å². The van der Waals surface area contributed by atoms with Crippen LogP contribution >= 0.6 is 11.8 Å². The molecule has 0 unspecified atom stereocenters. The summed E-state index contributed by atoms with van der Waals surface area (Å²) in [7, 11) is 3.30. The van der Waals surface area contributed by atoms with E-state index in [4.69, 9.17) is 0 Å². The van der Waals surface area contributed by atoms with E-state index in [2.05, 4.69) is 15.4 Å². The zero-order chi connectivity index (χ0) is 16.2. The van der Waals surface area contributed by atoms with Crippen LogP contribution in [0.15, 0.2) is 5.16 Å². The predicted molar refractivity (Wildman–Crippen MR) is 82.6 cm³/mol. The lowest BCUT2D eigenvalue weighted by Crippen LogP contribution is -2.29. The summed E-state index contributed by atoms with van der Waals surface area (Å²) >= 11 is 1.21. The van der Waals surface area contributed by atoms with Crippen molar-refractivity contribution in [2.75, 3.05) is 26.4 Å². The molecular weight excluding hydrogens is 290 g/mol. The molecule has 8 heteroatoms. The van der Waals surface area contributed by atoms with Crippen LogP contribution in [0.2, 0.25) is 0 Å². The molecular formula is C13H23N5O2S. The van der Waals surface area contributed by atoms with E-state index in [1.54, 1.807) is 14.1 Å². The van der Waals surface area contributed by atoms with Crippen LogP contribution in [0.5, 0.6) is 0 Å². The van der Waals surface area contributed by atoms with Gasteiger partial charge in [-0.2, -0.15) is 4.68 Å². The lowest BCUT2D eigenvalue weighted by molar-refractivity contribution is -0.118. The molecule has 0 saturated heterocycles. The largest absolute Gasteiger partial charge is 0.356 e. The van der Waals surface area contributed by atoms with Gasteiger partial charge in [-0.25, -0.2) is 9.78 Å². The molecule has 7 nitrogen and oxygen atoms in total. The second-order valence-electron chi connectivity index (χ2n) is 5.80. The lowest BCUT2D eigenvalue weighted by atomic mass is 9.96. The highest BCUT2D eigenvalue weighted by molar-refractivity contribution is 7.99. The molecule has 21 heavy (non-hydrogen) atoms. The molecule has 1 rings (SSSR count). The van der Waals surface area contributed by atoms with Gasteiger partial charge in [0.1, 0.15) is 0 Å². The third-order valence-electron chi connectivity index (χ3n) is 2.52. The van der Waals surface area contributed by atoms with Gasteiger partial charge in [0.25, 0.3) is 0 Å². The quantitative estimate of drug-likeness (QED) is 0.848. The molecule has 1 aromatic rings. The van der Waals surface area contributed by atoms with Crippen LogP contribution in [0.4, 0.5) is 4.79 Å². The van der Waals surface area contributed by atoms with Gasteiger partial charge in [0, 0.05) is 26.1 Å². The van der Waals surface area contributed by atoms with E-state index in [1.165, 1.54) is 21.3 Å². The van der Waals surface area contributed by atoms with Gasteiger partial charge in [-0.15, -0.1) is 5.10 Å². The lowest BCUT2D eigenvalue weighted by Gasteiger charge is -2.13. The van der Waals surface area contributed by atoms with Crippen molar-refractivity contribution in [1.82, 2.24) is 25.0 Å². The maximum absolute atomic E-state index is 12.1. The van der Waals surface area contributed by atoms with Crippen LogP contribution < -0.4 is 5.32 Å². The number of hydrogen-bond donors (Lipinski definition) is 1. The topological polar surface area (TPSA) is 80.1 Å². The summed E-state index contributed by atoms with van der Waals surface area (Å²) in [6.07, 6.45) is 0. The van der Waals surface area contributed by atoms with Crippen molar-refractivity contribution in [3.63, 3.8) is 0 Å². The Morgan fingerprint density at radius 2 is 1.95 bits per heavy atom. The molecule has 0 bridgehead atoms. The van der Waals surface area contributed by atoms with Crippen LogP contribution in [0.3, 0.4) is 0 Å². The minimum absolute atomic E-state index is 0.0911. The molecule has 0 spiro atoms. The second-order valence-corrected chi connectivity index (χ2v) is 6.74. The summed E-state index contributed by atoms with van der Waals surface area (Å²) in [6.45, 7) is 8.37. The molecule has 0 saturated carbocycles. The van der Waals surface area contributed by atoms with E-state index in [-0.39, 0.29) is 23.1 Å². The highest BCUT2D eigenvalue weighted by Crippen LogP contribution is 2.23. The van der Waals surface area contributed by atoms with Gasteiger partial charge < -0.3 is 10.2 Å². The fourth-order valence-corrected chi connectivity index (χ4v) is 2.16. The molecule has 0 atom stereocenters. The summed E-state index contributed by atoms with van der Waals surface area (Å²) in [5, 5.41) is 7.44. The Labute approximate surface area is 129 Å². The first kappa shape index (κ1) is 17.5. The highest BCUT2D eigenvalue weighted by Gasteiger charge is 2.25. The van der Waals surface area contributed by atoms with Gasteiger partial charge in [0.05, 0.1) is 5.75 Å². The smallest absolute Gasteiger partial charge is 0.346 e. The number of thioether (sulfide) groups is 1. The van der Waals surface area contributed by atoms with Gasteiger partial charge in [0.15, 0.2) is 11.0 Å². The van der Waals surface area contributed by atoms with Gasteiger partial charge >= 0.3 is 6.03 Å². The molecule has 0 fully saturated rings. The maximum Gasteiger partial charge on any atom is 0.346 e. The second kappa shape index (κ2) is 6.93. The van der Waals surface area contributed by atoms with E-state index < -0.39 is 0 Å². The van der Waals surface area contributed by atoms with E-state index in [0.717, 1.165) is 0 Å². The average Bonchev–Trinajstić information content (AvgIpc) is 2.79. The summed E-state index contributed by atoms with van der Waals surface area (Å²) < 4.78 is 1.25. The van der Waals surface area contributed by atoms with E-state index >= 15 is 0 Å². The molecule has 2 amide bonds. The van der Waals surface area contributed by atoms with Crippen molar-refractivity contribution in [3.8, 4) is 0 Å². The van der Waals surface area contributed by atoms with Gasteiger partial charge in [-0.1, -0.05) is 32.5 Å². The number of carbonyl (C=O) groups excluding carboxylic acids is 2. The van der Waals surface area contributed by atoms with Gasteiger partial charge in [0.2, 0.25) is 5.91 Å². The van der Waals surface area contributed by atoms with Crippen molar-refractivity contribution < 1.29 is 9.59 Å². The number of rotatable bonds is 4.